The third kappa shape index (κ3) is 2.99. The van der Waals surface area contributed by atoms with Gasteiger partial charge in [-0.3, -0.25) is 14.8 Å². The second-order valence-corrected chi connectivity index (χ2v) is 7.22. The Balaban J connectivity index is 1.55. The number of aromatic amines is 1. The molecule has 2 atom stereocenters. The van der Waals surface area contributed by atoms with E-state index in [1.54, 1.807) is 25.1 Å². The zero-order valence-corrected chi connectivity index (χ0v) is 14.6. The average Bonchev–Trinajstić information content (AvgIpc) is 2.87. The Morgan fingerprint density at radius 2 is 2.16 bits per heavy atom. The number of nitrogens with one attached hydrogen (secondary N) is 1. The van der Waals surface area contributed by atoms with Crippen LogP contribution in [-0.2, 0) is 6.54 Å². The molecule has 1 N–H and O–H groups in total. The lowest BCUT2D eigenvalue weighted by Gasteiger charge is -2.35. The first-order valence-corrected chi connectivity index (χ1v) is 8.63. The van der Waals surface area contributed by atoms with Crippen molar-refractivity contribution in [1.29, 1.82) is 0 Å². The fourth-order valence-electron chi connectivity index (χ4n) is 3.97. The number of fused-ring (bicyclic) bond motifs is 5. The van der Waals surface area contributed by atoms with Crippen LogP contribution < -0.4 is 5.56 Å². The van der Waals surface area contributed by atoms with Crippen LogP contribution in [0.15, 0.2) is 17.2 Å². The van der Waals surface area contributed by atoms with Crippen molar-refractivity contribution in [1.82, 2.24) is 34.3 Å². The lowest BCUT2D eigenvalue weighted by molar-refractivity contribution is 0.121. The van der Waals surface area contributed by atoms with Gasteiger partial charge in [-0.2, -0.15) is 4.52 Å². The summed E-state index contributed by atoms with van der Waals surface area (Å²) in [6, 6.07) is 1.95. The van der Waals surface area contributed by atoms with E-state index in [0.29, 0.717) is 24.3 Å². The predicted molar refractivity (Wildman–Crippen MR) is 91.2 cm³/mol. The number of carbonyl (C=O) groups excluding carboxylic acids is 1. The van der Waals surface area contributed by atoms with Crippen molar-refractivity contribution in [3.8, 4) is 0 Å². The number of hydrogen-bond acceptors (Lipinski definition) is 5. The van der Waals surface area contributed by atoms with Crippen LogP contribution in [0.1, 0.15) is 18.5 Å². The Morgan fingerprint density at radius 1 is 1.32 bits per heavy atom. The first kappa shape index (κ1) is 16.1. The van der Waals surface area contributed by atoms with E-state index < -0.39 is 0 Å². The summed E-state index contributed by atoms with van der Waals surface area (Å²) in [5.74, 6) is 0.866. The normalized spacial score (nSPS) is 23.8. The Morgan fingerprint density at radius 3 is 2.96 bits per heavy atom. The highest BCUT2D eigenvalue weighted by Gasteiger charge is 2.37. The van der Waals surface area contributed by atoms with Crippen LogP contribution >= 0.6 is 0 Å². The van der Waals surface area contributed by atoms with Gasteiger partial charge < -0.3 is 9.80 Å². The van der Waals surface area contributed by atoms with Crippen LogP contribution in [0.3, 0.4) is 0 Å². The monoisotopic (exact) mass is 345 g/mol. The molecule has 0 unspecified atom stereocenters. The minimum atomic E-state index is -0.151. The van der Waals surface area contributed by atoms with Gasteiger partial charge >= 0.3 is 6.03 Å². The van der Waals surface area contributed by atoms with E-state index in [-0.39, 0.29) is 11.6 Å². The minimum Gasteiger partial charge on any atom is -0.331 e. The molecule has 25 heavy (non-hydrogen) atoms. The number of carbonyl (C=O) groups is 1. The van der Waals surface area contributed by atoms with E-state index in [2.05, 4.69) is 20.0 Å². The lowest BCUT2D eigenvalue weighted by Crippen LogP contribution is -2.45. The molecule has 0 radical (unpaired) electrons. The Labute approximate surface area is 145 Å². The van der Waals surface area contributed by atoms with Gasteiger partial charge in [-0.1, -0.05) is 0 Å². The molecule has 3 aliphatic heterocycles. The summed E-state index contributed by atoms with van der Waals surface area (Å²) in [6.45, 7) is 3.09. The van der Waals surface area contributed by atoms with E-state index in [9.17, 15) is 9.59 Å². The molecule has 2 amide bonds. The van der Waals surface area contributed by atoms with Crippen LogP contribution in [0.5, 0.6) is 0 Å². The van der Waals surface area contributed by atoms with Gasteiger partial charge in [0, 0.05) is 52.4 Å². The molecule has 3 fully saturated rings. The highest BCUT2D eigenvalue weighted by atomic mass is 16.2. The van der Waals surface area contributed by atoms with Crippen molar-refractivity contribution in [3.63, 3.8) is 0 Å². The standard InChI is InChI=1S/C16H23N7O2/c1-20(2)16(25)22-7-11-3-4-13(9-22)21(6-11)8-12-5-14(24)23-15(19-12)17-10-18-23/h5,10-11,13H,3-4,6-9H2,1-2H3,(H,17,18,19)/t11-,13-/m1/s1. The molecule has 0 saturated carbocycles. The maximum absolute atomic E-state index is 12.4. The Kier molecular flexibility index (Phi) is 3.95. The molecule has 0 spiro atoms. The second kappa shape index (κ2) is 6.14. The van der Waals surface area contributed by atoms with Gasteiger partial charge in [0.2, 0.25) is 0 Å². The number of aromatic nitrogens is 4. The van der Waals surface area contributed by atoms with Gasteiger partial charge in [-0.05, 0) is 18.8 Å². The number of H-pyrrole nitrogens is 1. The Bertz CT molecular complexity index is 842. The lowest BCUT2D eigenvalue weighted by atomic mass is 9.95. The highest BCUT2D eigenvalue weighted by Crippen LogP contribution is 2.29. The van der Waals surface area contributed by atoms with Crippen LogP contribution in [0.4, 0.5) is 4.79 Å². The van der Waals surface area contributed by atoms with E-state index in [1.165, 1.54) is 10.8 Å². The molecule has 9 heteroatoms. The van der Waals surface area contributed by atoms with Gasteiger partial charge in [0.25, 0.3) is 11.3 Å². The van der Waals surface area contributed by atoms with Crippen LogP contribution in [-0.4, -0.2) is 80.1 Å². The molecule has 3 aliphatic rings. The molecule has 5 rings (SSSR count). The maximum Gasteiger partial charge on any atom is 0.319 e. The molecule has 9 nitrogen and oxygen atoms in total. The van der Waals surface area contributed by atoms with Gasteiger partial charge in [-0.25, -0.2) is 14.8 Å². The first-order chi connectivity index (χ1) is 12.0. The first-order valence-electron chi connectivity index (χ1n) is 8.63. The summed E-state index contributed by atoms with van der Waals surface area (Å²) in [5.41, 5.74) is 0.581. The molecular weight excluding hydrogens is 322 g/mol. The fraction of sp³-hybridized carbons (Fsp3) is 0.625. The average molecular weight is 345 g/mol. The van der Waals surface area contributed by atoms with Gasteiger partial charge in [0.15, 0.2) is 0 Å². The number of amides is 2. The molecule has 2 aromatic rings. The molecule has 3 saturated heterocycles. The number of nitrogens with zero attached hydrogens (tertiary/aromatic N) is 6. The second-order valence-electron chi connectivity index (χ2n) is 7.22. The number of urea groups is 1. The van der Waals surface area contributed by atoms with Crippen LogP contribution in [0, 0.1) is 5.92 Å². The number of piperidine rings is 1. The third-order valence-corrected chi connectivity index (χ3v) is 5.17. The fourth-order valence-corrected chi connectivity index (χ4v) is 3.97. The molecule has 134 valence electrons. The van der Waals surface area contributed by atoms with E-state index in [0.717, 1.165) is 38.2 Å². The zero-order chi connectivity index (χ0) is 17.6. The highest BCUT2D eigenvalue weighted by molar-refractivity contribution is 5.74. The van der Waals surface area contributed by atoms with E-state index in [1.807, 2.05) is 4.90 Å². The molecule has 2 bridgehead atoms. The van der Waals surface area contributed by atoms with Crippen molar-refractivity contribution >= 4 is 11.8 Å². The number of rotatable bonds is 2. The number of hydrogen-bond donors (Lipinski definition) is 1. The molecule has 5 heterocycles. The van der Waals surface area contributed by atoms with Crippen LogP contribution in [0.25, 0.3) is 5.78 Å². The Hall–Kier alpha value is -2.42. The smallest absolute Gasteiger partial charge is 0.319 e. The molecule has 0 aromatic carbocycles. The largest absolute Gasteiger partial charge is 0.331 e. The van der Waals surface area contributed by atoms with Gasteiger partial charge in [0.1, 0.15) is 6.33 Å². The van der Waals surface area contributed by atoms with Crippen molar-refractivity contribution in [3.05, 3.63) is 28.4 Å². The summed E-state index contributed by atoms with van der Waals surface area (Å²) >= 11 is 0. The van der Waals surface area contributed by atoms with Gasteiger partial charge in [-0.15, -0.1) is 0 Å². The van der Waals surface area contributed by atoms with Crippen molar-refractivity contribution in [2.75, 3.05) is 33.7 Å². The minimum absolute atomic E-state index is 0.0769. The van der Waals surface area contributed by atoms with Crippen LogP contribution in [0.2, 0.25) is 0 Å². The zero-order valence-electron chi connectivity index (χ0n) is 14.6. The summed E-state index contributed by atoms with van der Waals surface area (Å²) in [7, 11) is 3.59. The van der Waals surface area contributed by atoms with E-state index in [4.69, 9.17) is 0 Å². The quantitative estimate of drug-likeness (QED) is 0.827. The summed E-state index contributed by atoms with van der Waals surface area (Å²) in [6.07, 6.45) is 3.69. The molecule has 0 aliphatic carbocycles. The summed E-state index contributed by atoms with van der Waals surface area (Å²) in [5, 5.41) is 2.75. The summed E-state index contributed by atoms with van der Waals surface area (Å²) < 4.78 is 1.33. The SMILES string of the molecule is CN(C)C(=O)N1C[C@@H]2CC[C@H](C1)N(Cc1cc(=O)n3[nH]cnc3n1)C2. The summed E-state index contributed by atoms with van der Waals surface area (Å²) in [4.78, 5) is 39.0. The van der Waals surface area contributed by atoms with E-state index >= 15 is 0 Å². The topological polar surface area (TPSA) is 89.8 Å². The van der Waals surface area contributed by atoms with Crippen molar-refractivity contribution in [2.45, 2.75) is 25.4 Å². The van der Waals surface area contributed by atoms with Crippen molar-refractivity contribution in [2.24, 2.45) is 5.92 Å². The maximum atomic E-state index is 12.4. The molecular formula is C16H23N7O2. The third-order valence-electron chi connectivity index (χ3n) is 5.17. The van der Waals surface area contributed by atoms with Crippen molar-refractivity contribution < 1.29 is 4.79 Å². The predicted octanol–water partition coefficient (Wildman–Crippen LogP) is -0.00460. The van der Waals surface area contributed by atoms with Gasteiger partial charge in [0.05, 0.1) is 5.69 Å². The molecule has 2 aromatic heterocycles.